The van der Waals surface area contributed by atoms with Gasteiger partial charge in [-0.15, -0.1) is 0 Å². The van der Waals surface area contributed by atoms with Gasteiger partial charge in [0.25, 0.3) is 5.91 Å². The van der Waals surface area contributed by atoms with E-state index in [1.807, 2.05) is 37.3 Å². The Morgan fingerprint density at radius 3 is 2.46 bits per heavy atom. The third-order valence-electron chi connectivity index (χ3n) is 4.90. The lowest BCUT2D eigenvalue weighted by Gasteiger charge is -2.09. The van der Waals surface area contributed by atoms with E-state index < -0.39 is 0 Å². The number of carbonyl (C=O) groups excluding carboxylic acids is 2. The molecule has 0 fully saturated rings. The minimum absolute atomic E-state index is 0.134. The fourth-order valence-electron chi connectivity index (χ4n) is 3.35. The molecule has 5 nitrogen and oxygen atoms in total. The van der Waals surface area contributed by atoms with Gasteiger partial charge in [-0.25, -0.2) is 0 Å². The second kappa shape index (κ2) is 8.74. The summed E-state index contributed by atoms with van der Waals surface area (Å²) in [5, 5.41) is 0.858. The Hall–Kier alpha value is -3.08. The van der Waals surface area contributed by atoms with Crippen molar-refractivity contribution in [2.45, 2.75) is 33.1 Å². The summed E-state index contributed by atoms with van der Waals surface area (Å²) in [6, 6.07) is 12.7. The highest BCUT2D eigenvalue weighted by Crippen LogP contribution is 2.30. The minimum atomic E-state index is -0.134. The number of nitrogens with zero attached hydrogens (tertiary/aromatic N) is 1. The largest absolute Gasteiger partial charge is 0.497 e. The molecule has 1 heterocycles. The first-order valence-electron chi connectivity index (χ1n) is 9.49. The van der Waals surface area contributed by atoms with Crippen molar-refractivity contribution in [3.63, 3.8) is 0 Å². The third-order valence-corrected chi connectivity index (χ3v) is 4.90. The first-order chi connectivity index (χ1) is 13.6. The molecule has 0 N–H and O–H groups in total. The molecule has 2 aromatic carbocycles. The zero-order valence-corrected chi connectivity index (χ0v) is 16.5. The number of carbonyl (C=O) groups is 2. The molecule has 3 rings (SSSR count). The molecule has 0 saturated heterocycles. The molecule has 1 aromatic heterocycles. The fourth-order valence-corrected chi connectivity index (χ4v) is 3.35. The highest BCUT2D eigenvalue weighted by molar-refractivity contribution is 6.04. The number of hydrogen-bond donors (Lipinski definition) is 0. The van der Waals surface area contributed by atoms with E-state index >= 15 is 0 Å². The summed E-state index contributed by atoms with van der Waals surface area (Å²) in [7, 11) is 1.60. The lowest BCUT2D eigenvalue weighted by molar-refractivity contribution is -0.107. The maximum atomic E-state index is 13.2. The number of hydrogen-bond acceptors (Lipinski definition) is 4. The van der Waals surface area contributed by atoms with E-state index in [0.29, 0.717) is 17.9 Å². The van der Waals surface area contributed by atoms with E-state index in [1.54, 1.807) is 23.8 Å². The Bertz CT molecular complexity index is 986. The SMILES string of the molecule is CCCCOc1ccc(C(=O)n2c(C)c(CC=O)c3cc(OC)ccc32)cc1. The van der Waals surface area contributed by atoms with Gasteiger partial charge in [-0.2, -0.15) is 0 Å². The maximum Gasteiger partial charge on any atom is 0.262 e. The number of benzene rings is 2. The van der Waals surface area contributed by atoms with Crippen LogP contribution >= 0.6 is 0 Å². The smallest absolute Gasteiger partial charge is 0.262 e. The van der Waals surface area contributed by atoms with Crippen LogP contribution in [0, 0.1) is 6.92 Å². The van der Waals surface area contributed by atoms with Crippen LogP contribution in [0.1, 0.15) is 41.4 Å². The summed E-state index contributed by atoms with van der Waals surface area (Å²) in [4.78, 5) is 24.4. The van der Waals surface area contributed by atoms with Gasteiger partial charge < -0.3 is 14.3 Å². The summed E-state index contributed by atoms with van der Waals surface area (Å²) in [5.41, 5.74) is 2.94. The second-order valence-electron chi connectivity index (χ2n) is 6.68. The molecule has 0 radical (unpaired) electrons. The number of aldehydes is 1. The van der Waals surface area contributed by atoms with Gasteiger partial charge in [0.05, 0.1) is 19.2 Å². The van der Waals surface area contributed by atoms with Crippen LogP contribution in [0.25, 0.3) is 10.9 Å². The van der Waals surface area contributed by atoms with Gasteiger partial charge in [-0.3, -0.25) is 9.36 Å². The van der Waals surface area contributed by atoms with E-state index in [4.69, 9.17) is 9.47 Å². The summed E-state index contributed by atoms with van der Waals surface area (Å²) in [6.45, 7) is 4.65. The first-order valence-corrected chi connectivity index (χ1v) is 9.49. The number of unbranched alkanes of at least 4 members (excludes halogenated alkanes) is 1. The van der Waals surface area contributed by atoms with Gasteiger partial charge in [0.1, 0.15) is 17.8 Å². The van der Waals surface area contributed by atoms with E-state index in [2.05, 4.69) is 6.92 Å². The van der Waals surface area contributed by atoms with E-state index in [0.717, 1.165) is 47.0 Å². The highest BCUT2D eigenvalue weighted by atomic mass is 16.5. The summed E-state index contributed by atoms with van der Waals surface area (Å²) < 4.78 is 12.6. The molecule has 0 unspecified atom stereocenters. The van der Waals surface area contributed by atoms with Crippen molar-refractivity contribution in [2.75, 3.05) is 13.7 Å². The Balaban J connectivity index is 1.99. The zero-order chi connectivity index (χ0) is 20.1. The van der Waals surface area contributed by atoms with Crippen LogP contribution in [0.4, 0.5) is 0 Å². The molecule has 0 saturated carbocycles. The number of ether oxygens (including phenoxy) is 2. The van der Waals surface area contributed by atoms with Gasteiger partial charge in [0.2, 0.25) is 0 Å². The number of aromatic nitrogens is 1. The molecule has 0 aliphatic heterocycles. The Morgan fingerprint density at radius 2 is 1.82 bits per heavy atom. The number of rotatable bonds is 8. The first kappa shape index (κ1) is 19.7. The zero-order valence-electron chi connectivity index (χ0n) is 16.5. The van der Waals surface area contributed by atoms with E-state index in [9.17, 15) is 9.59 Å². The standard InChI is InChI=1S/C23H25NO4/c1-4-5-14-28-18-8-6-17(7-9-18)23(26)24-16(2)20(12-13-25)21-15-19(27-3)10-11-22(21)24/h6-11,13,15H,4-5,12,14H2,1-3H3. The minimum Gasteiger partial charge on any atom is -0.497 e. The summed E-state index contributed by atoms with van der Waals surface area (Å²) >= 11 is 0. The molecule has 0 atom stereocenters. The van der Waals surface area contributed by atoms with Gasteiger partial charge in [0, 0.05) is 23.1 Å². The molecular weight excluding hydrogens is 354 g/mol. The lowest BCUT2D eigenvalue weighted by atomic mass is 10.1. The molecule has 0 amide bonds. The van der Waals surface area contributed by atoms with Crippen molar-refractivity contribution in [3.8, 4) is 11.5 Å². The monoisotopic (exact) mass is 379 g/mol. The number of fused-ring (bicyclic) bond motifs is 1. The molecule has 5 heteroatoms. The van der Waals surface area contributed by atoms with Crippen LogP contribution in [0.2, 0.25) is 0 Å². The van der Waals surface area contributed by atoms with Crippen LogP contribution < -0.4 is 9.47 Å². The van der Waals surface area contributed by atoms with Crippen molar-refractivity contribution >= 4 is 23.1 Å². The van der Waals surface area contributed by atoms with Crippen LogP contribution in [-0.2, 0) is 11.2 Å². The Labute approximate surface area is 164 Å². The average Bonchev–Trinajstić information content (AvgIpc) is 2.99. The maximum absolute atomic E-state index is 13.2. The molecule has 146 valence electrons. The number of methoxy groups -OCH3 is 1. The van der Waals surface area contributed by atoms with Gasteiger partial charge in [0.15, 0.2) is 0 Å². The normalized spacial score (nSPS) is 10.8. The molecule has 3 aromatic rings. The van der Waals surface area contributed by atoms with Crippen molar-refractivity contribution in [2.24, 2.45) is 0 Å². The summed E-state index contributed by atoms with van der Waals surface area (Å²) in [6.07, 6.45) is 3.18. The highest BCUT2D eigenvalue weighted by Gasteiger charge is 2.20. The van der Waals surface area contributed by atoms with Gasteiger partial charge in [-0.1, -0.05) is 13.3 Å². The van der Waals surface area contributed by atoms with Crippen molar-refractivity contribution in [1.29, 1.82) is 0 Å². The van der Waals surface area contributed by atoms with Crippen molar-refractivity contribution in [1.82, 2.24) is 4.57 Å². The van der Waals surface area contributed by atoms with Gasteiger partial charge >= 0.3 is 0 Å². The Morgan fingerprint density at radius 1 is 1.11 bits per heavy atom. The molecule has 28 heavy (non-hydrogen) atoms. The predicted octanol–water partition coefficient (Wildman–Crippen LogP) is 4.57. The van der Waals surface area contributed by atoms with Crippen LogP contribution in [0.3, 0.4) is 0 Å². The topological polar surface area (TPSA) is 57.5 Å². The summed E-state index contributed by atoms with van der Waals surface area (Å²) in [5.74, 6) is 1.31. The Kier molecular flexibility index (Phi) is 6.14. The molecular formula is C23H25NO4. The lowest BCUT2D eigenvalue weighted by Crippen LogP contribution is -2.13. The van der Waals surface area contributed by atoms with Crippen molar-refractivity contribution in [3.05, 3.63) is 59.3 Å². The fraction of sp³-hybridized carbons (Fsp3) is 0.304. The van der Waals surface area contributed by atoms with Crippen LogP contribution in [0.5, 0.6) is 11.5 Å². The third kappa shape index (κ3) is 3.79. The quantitative estimate of drug-likeness (QED) is 0.425. The van der Waals surface area contributed by atoms with Crippen LogP contribution in [-0.4, -0.2) is 30.5 Å². The van der Waals surface area contributed by atoms with Crippen LogP contribution in [0.15, 0.2) is 42.5 Å². The molecule has 0 aliphatic rings. The molecule has 0 bridgehead atoms. The molecule has 0 aliphatic carbocycles. The van der Waals surface area contributed by atoms with E-state index in [1.165, 1.54) is 0 Å². The predicted molar refractivity (Wildman–Crippen MR) is 110 cm³/mol. The van der Waals surface area contributed by atoms with Crippen molar-refractivity contribution < 1.29 is 19.1 Å². The average molecular weight is 379 g/mol. The van der Waals surface area contributed by atoms with E-state index in [-0.39, 0.29) is 12.3 Å². The van der Waals surface area contributed by atoms with Gasteiger partial charge in [-0.05, 0) is 61.4 Å². The molecule has 0 spiro atoms. The second-order valence-corrected chi connectivity index (χ2v) is 6.68.